The maximum Gasteiger partial charge on any atom is 0.234 e. The Balaban J connectivity index is 1.65. The summed E-state index contributed by atoms with van der Waals surface area (Å²) < 4.78 is 7.90. The largest absolute Gasteiger partial charge is 0.376 e. The minimum absolute atomic E-state index is 0.0391. The Bertz CT molecular complexity index is 777. The van der Waals surface area contributed by atoms with Gasteiger partial charge in [0.1, 0.15) is 5.82 Å². The van der Waals surface area contributed by atoms with Crippen LogP contribution in [0.2, 0.25) is 0 Å². The third-order valence-corrected chi connectivity index (χ3v) is 5.48. The Morgan fingerprint density at radius 3 is 2.67 bits per heavy atom. The Hall–Kier alpha value is -1.86. The van der Waals surface area contributed by atoms with Crippen LogP contribution >= 0.6 is 11.8 Å². The van der Waals surface area contributed by atoms with Crippen molar-refractivity contribution in [2.45, 2.75) is 64.3 Å². The molecule has 146 valence electrons. The van der Waals surface area contributed by atoms with E-state index in [1.165, 1.54) is 11.8 Å². The molecule has 3 rings (SSSR count). The van der Waals surface area contributed by atoms with Crippen LogP contribution < -0.4 is 5.32 Å². The fourth-order valence-corrected chi connectivity index (χ4v) is 4.13. The van der Waals surface area contributed by atoms with Crippen molar-refractivity contribution in [1.82, 2.24) is 14.8 Å². The van der Waals surface area contributed by atoms with E-state index < -0.39 is 0 Å². The normalized spacial score (nSPS) is 16.9. The number of thioether (sulfide) groups is 1. The number of hydrogen-bond acceptors (Lipinski definition) is 5. The highest BCUT2D eigenvalue weighted by Gasteiger charge is 2.22. The molecule has 27 heavy (non-hydrogen) atoms. The average molecular weight is 389 g/mol. The number of amides is 1. The fraction of sp³-hybridized carbons (Fsp3) is 0.550. The van der Waals surface area contributed by atoms with Crippen LogP contribution in [0, 0.1) is 13.8 Å². The summed E-state index contributed by atoms with van der Waals surface area (Å²) in [6, 6.07) is 6.05. The number of anilines is 1. The molecule has 7 heteroatoms. The lowest BCUT2D eigenvalue weighted by molar-refractivity contribution is -0.113. The van der Waals surface area contributed by atoms with E-state index in [9.17, 15) is 4.79 Å². The first-order valence-electron chi connectivity index (χ1n) is 9.48. The molecule has 1 amide bonds. The number of aryl methyl sites for hydroxylation is 2. The molecule has 1 aromatic heterocycles. The summed E-state index contributed by atoms with van der Waals surface area (Å²) in [6.45, 7) is 9.84. The van der Waals surface area contributed by atoms with Crippen LogP contribution in [0.25, 0.3) is 0 Å². The van der Waals surface area contributed by atoms with E-state index in [0.29, 0.717) is 5.75 Å². The number of rotatable bonds is 7. The molecule has 0 spiro atoms. The number of nitrogens with one attached hydrogen (secondary N) is 1. The molecule has 1 N–H and O–H groups in total. The number of benzene rings is 1. The number of aromatic nitrogens is 3. The van der Waals surface area contributed by atoms with Crippen LogP contribution in [0.5, 0.6) is 0 Å². The minimum atomic E-state index is -0.0391. The average Bonchev–Trinajstić information content (AvgIpc) is 3.22. The first-order chi connectivity index (χ1) is 12.9. The highest BCUT2D eigenvalue weighted by molar-refractivity contribution is 7.99. The summed E-state index contributed by atoms with van der Waals surface area (Å²) in [5, 5.41) is 12.4. The number of nitrogens with zero attached hydrogens (tertiary/aromatic N) is 3. The zero-order chi connectivity index (χ0) is 19.4. The molecule has 1 aliphatic rings. The van der Waals surface area contributed by atoms with Crippen LogP contribution in [0.15, 0.2) is 23.4 Å². The van der Waals surface area contributed by atoms with Crippen LogP contribution in [-0.2, 0) is 16.1 Å². The van der Waals surface area contributed by atoms with E-state index in [1.54, 1.807) is 0 Å². The van der Waals surface area contributed by atoms with E-state index in [4.69, 9.17) is 4.74 Å². The van der Waals surface area contributed by atoms with E-state index in [-0.39, 0.29) is 17.9 Å². The lowest BCUT2D eigenvalue weighted by Gasteiger charge is -2.16. The van der Waals surface area contributed by atoms with Crippen molar-refractivity contribution < 1.29 is 9.53 Å². The molecule has 2 aromatic rings. The Labute approximate surface area is 165 Å². The smallest absolute Gasteiger partial charge is 0.234 e. The molecule has 1 unspecified atom stereocenters. The molecule has 6 nitrogen and oxygen atoms in total. The van der Waals surface area contributed by atoms with Crippen molar-refractivity contribution in [2.24, 2.45) is 0 Å². The van der Waals surface area contributed by atoms with Crippen molar-refractivity contribution in [3.63, 3.8) is 0 Å². The van der Waals surface area contributed by atoms with Gasteiger partial charge in [-0.15, -0.1) is 10.2 Å². The van der Waals surface area contributed by atoms with Crippen molar-refractivity contribution in [3.05, 3.63) is 35.2 Å². The number of carbonyl (C=O) groups excluding carboxylic acids is 1. The molecule has 1 aliphatic heterocycles. The van der Waals surface area contributed by atoms with Crippen LogP contribution in [0.3, 0.4) is 0 Å². The molecule has 0 radical (unpaired) electrons. The third kappa shape index (κ3) is 5.32. The molecular formula is C20H28N4O2S. The second-order valence-corrected chi connectivity index (χ2v) is 8.40. The zero-order valence-corrected chi connectivity index (χ0v) is 17.3. The number of hydrogen-bond donors (Lipinski definition) is 1. The van der Waals surface area contributed by atoms with Gasteiger partial charge in [-0.25, -0.2) is 0 Å². The van der Waals surface area contributed by atoms with Crippen molar-refractivity contribution in [1.29, 1.82) is 0 Å². The molecule has 2 heterocycles. The van der Waals surface area contributed by atoms with Gasteiger partial charge in [-0.3, -0.25) is 4.79 Å². The SMILES string of the molecule is Cc1cc(C)cc(NC(=O)CSc2nnc(C(C)C)n2CC2CCCO2)c1. The van der Waals surface area contributed by atoms with Gasteiger partial charge in [0.25, 0.3) is 0 Å². The molecule has 1 aromatic carbocycles. The zero-order valence-electron chi connectivity index (χ0n) is 16.5. The molecular weight excluding hydrogens is 360 g/mol. The lowest BCUT2D eigenvalue weighted by atomic mass is 10.1. The predicted molar refractivity (Wildman–Crippen MR) is 108 cm³/mol. The fourth-order valence-electron chi connectivity index (χ4n) is 3.37. The highest BCUT2D eigenvalue weighted by Crippen LogP contribution is 2.25. The van der Waals surface area contributed by atoms with Gasteiger partial charge < -0.3 is 14.6 Å². The monoisotopic (exact) mass is 388 g/mol. The molecule has 1 saturated heterocycles. The second-order valence-electron chi connectivity index (χ2n) is 7.45. The van der Waals surface area contributed by atoms with Gasteiger partial charge in [-0.2, -0.15) is 0 Å². The van der Waals surface area contributed by atoms with Crippen molar-refractivity contribution in [2.75, 3.05) is 17.7 Å². The highest BCUT2D eigenvalue weighted by atomic mass is 32.2. The van der Waals surface area contributed by atoms with Gasteiger partial charge in [0.15, 0.2) is 5.16 Å². The molecule has 0 bridgehead atoms. The third-order valence-electron chi connectivity index (χ3n) is 4.51. The number of ether oxygens (including phenoxy) is 1. The minimum Gasteiger partial charge on any atom is -0.376 e. The van der Waals surface area contributed by atoms with Crippen LogP contribution in [-0.4, -0.2) is 39.1 Å². The van der Waals surface area contributed by atoms with Crippen LogP contribution in [0.4, 0.5) is 5.69 Å². The van der Waals surface area contributed by atoms with E-state index in [1.807, 2.05) is 26.0 Å². The van der Waals surface area contributed by atoms with E-state index >= 15 is 0 Å². The van der Waals surface area contributed by atoms with Crippen molar-refractivity contribution in [3.8, 4) is 0 Å². The maximum absolute atomic E-state index is 12.4. The molecule has 0 aliphatic carbocycles. The van der Waals surface area contributed by atoms with E-state index in [0.717, 1.165) is 53.8 Å². The summed E-state index contributed by atoms with van der Waals surface area (Å²) in [4.78, 5) is 12.4. The first-order valence-corrected chi connectivity index (χ1v) is 10.5. The standard InChI is InChI=1S/C20H28N4O2S/c1-13(2)19-22-23-20(24(19)11-17-6-5-7-26-17)27-12-18(25)21-16-9-14(3)8-15(4)10-16/h8-10,13,17H,5-7,11-12H2,1-4H3,(H,21,25). The molecule has 1 atom stereocenters. The summed E-state index contributed by atoms with van der Waals surface area (Å²) in [6.07, 6.45) is 2.37. The summed E-state index contributed by atoms with van der Waals surface area (Å²) in [5.41, 5.74) is 3.11. The lowest BCUT2D eigenvalue weighted by Crippen LogP contribution is -2.19. The topological polar surface area (TPSA) is 69.0 Å². The van der Waals surface area contributed by atoms with E-state index in [2.05, 4.69) is 40.0 Å². The molecule has 0 saturated carbocycles. The van der Waals surface area contributed by atoms with Gasteiger partial charge in [0.05, 0.1) is 18.4 Å². The van der Waals surface area contributed by atoms with Crippen molar-refractivity contribution >= 4 is 23.4 Å². The van der Waals surface area contributed by atoms with Crippen LogP contribution in [0.1, 0.15) is 49.6 Å². The van der Waals surface area contributed by atoms with Gasteiger partial charge in [0.2, 0.25) is 5.91 Å². The summed E-state index contributed by atoms with van der Waals surface area (Å²) >= 11 is 1.43. The van der Waals surface area contributed by atoms with Gasteiger partial charge in [-0.1, -0.05) is 31.7 Å². The second kappa shape index (κ2) is 8.89. The quantitative estimate of drug-likeness (QED) is 0.728. The summed E-state index contributed by atoms with van der Waals surface area (Å²) in [5.74, 6) is 1.48. The maximum atomic E-state index is 12.4. The Morgan fingerprint density at radius 2 is 2.04 bits per heavy atom. The summed E-state index contributed by atoms with van der Waals surface area (Å²) in [7, 11) is 0. The molecule has 1 fully saturated rings. The van der Waals surface area contributed by atoms with Gasteiger partial charge >= 0.3 is 0 Å². The Morgan fingerprint density at radius 1 is 1.30 bits per heavy atom. The first kappa shape index (κ1) is 19.9. The van der Waals surface area contributed by atoms with Gasteiger partial charge in [0, 0.05) is 18.2 Å². The van der Waals surface area contributed by atoms with Gasteiger partial charge in [-0.05, 0) is 49.9 Å². The predicted octanol–water partition coefficient (Wildman–Crippen LogP) is 3.93. The Kier molecular flexibility index (Phi) is 6.55. The number of carbonyl (C=O) groups is 1.